The Kier molecular flexibility index (Phi) is 2.78. The minimum atomic E-state index is 0.564. The average Bonchev–Trinajstić information content (AvgIpc) is 2.03. The molecule has 0 bridgehead atoms. The van der Waals surface area contributed by atoms with E-state index in [0.717, 1.165) is 5.56 Å². The number of aromatic nitrogens is 2. The van der Waals surface area contributed by atoms with E-state index < -0.39 is 0 Å². The molecule has 0 unspecified atom stereocenters. The van der Waals surface area contributed by atoms with E-state index in [1.807, 2.05) is 0 Å². The molecule has 0 aromatic carbocycles. The van der Waals surface area contributed by atoms with Crippen molar-refractivity contribution in [1.29, 1.82) is 0 Å². The fourth-order valence-electron chi connectivity index (χ4n) is 0.505. The van der Waals surface area contributed by atoms with Crippen molar-refractivity contribution in [3.63, 3.8) is 0 Å². The molecule has 0 saturated carbocycles. The summed E-state index contributed by atoms with van der Waals surface area (Å²) in [6.07, 6.45) is 4.82. The average molecular weight is 150 g/mol. The molecule has 3 heteroatoms. The molecule has 1 aromatic rings. The number of rotatable bonds is 0. The Morgan fingerprint density at radius 2 is 2.10 bits per heavy atom. The molecule has 0 atom stereocenters. The third-order valence-electron chi connectivity index (χ3n) is 0.872. The minimum Gasteiger partial charge on any atom is -0.244 e. The van der Waals surface area contributed by atoms with Crippen LogP contribution in [0.15, 0.2) is 18.7 Å². The van der Waals surface area contributed by atoms with Crippen molar-refractivity contribution in [2.45, 2.75) is 0 Å². The smallest absolute Gasteiger partial charge is 0.115 e. The Balaban J connectivity index is 2.76. The van der Waals surface area contributed by atoms with Gasteiger partial charge in [0.25, 0.3) is 0 Å². The zero-order chi connectivity index (χ0) is 7.23. The van der Waals surface area contributed by atoms with Gasteiger partial charge in [-0.25, -0.2) is 9.97 Å². The topological polar surface area (TPSA) is 25.8 Å². The van der Waals surface area contributed by atoms with Crippen molar-refractivity contribution in [1.82, 2.24) is 9.97 Å². The van der Waals surface area contributed by atoms with E-state index in [4.69, 9.17) is 0 Å². The zero-order valence-electron chi connectivity index (χ0n) is 5.28. The van der Waals surface area contributed by atoms with Gasteiger partial charge in [0, 0.05) is 12.4 Å². The highest BCUT2D eigenvalue weighted by Gasteiger charge is 1.80. The highest BCUT2D eigenvalue weighted by molar-refractivity contribution is 7.80. The van der Waals surface area contributed by atoms with E-state index in [0.29, 0.717) is 5.75 Å². The Hall–Kier alpha value is -1.01. The first-order valence-electron chi connectivity index (χ1n) is 2.78. The molecule has 0 fully saturated rings. The molecule has 0 aliphatic carbocycles. The van der Waals surface area contributed by atoms with E-state index in [2.05, 4.69) is 34.4 Å². The van der Waals surface area contributed by atoms with E-state index >= 15 is 0 Å². The highest BCUT2D eigenvalue weighted by Crippen LogP contribution is 1.87. The van der Waals surface area contributed by atoms with E-state index in [9.17, 15) is 0 Å². The molecule has 1 heterocycles. The summed E-state index contributed by atoms with van der Waals surface area (Å²) in [4.78, 5) is 7.60. The predicted molar refractivity (Wildman–Crippen MR) is 42.8 cm³/mol. The summed E-state index contributed by atoms with van der Waals surface area (Å²) in [6.45, 7) is 0. The fraction of sp³-hybridized carbons (Fsp3) is 0.143. The molecule has 0 amide bonds. The third kappa shape index (κ3) is 2.08. The van der Waals surface area contributed by atoms with Crippen LogP contribution in [0.3, 0.4) is 0 Å². The van der Waals surface area contributed by atoms with Gasteiger partial charge in [-0.1, -0.05) is 11.8 Å². The van der Waals surface area contributed by atoms with Gasteiger partial charge < -0.3 is 0 Å². The quantitative estimate of drug-likeness (QED) is 0.436. The number of thiol groups is 1. The van der Waals surface area contributed by atoms with E-state index in [1.54, 1.807) is 12.4 Å². The standard InChI is InChI=1S/C7H6N2S/c10-3-1-2-7-4-8-6-9-5-7/h4-6,10H,3H2. The molecule has 0 aliphatic heterocycles. The minimum absolute atomic E-state index is 0.564. The molecule has 0 radical (unpaired) electrons. The lowest BCUT2D eigenvalue weighted by molar-refractivity contribution is 1.16. The second-order valence-electron chi connectivity index (χ2n) is 1.59. The Morgan fingerprint density at radius 3 is 2.70 bits per heavy atom. The lowest BCUT2D eigenvalue weighted by Crippen LogP contribution is -1.79. The maximum atomic E-state index is 3.94. The SMILES string of the molecule is SCC#Cc1cncnc1. The zero-order valence-corrected chi connectivity index (χ0v) is 6.18. The Labute approximate surface area is 65.1 Å². The molecule has 0 saturated heterocycles. The number of hydrogen-bond acceptors (Lipinski definition) is 3. The van der Waals surface area contributed by atoms with Crippen LogP contribution in [-0.2, 0) is 0 Å². The van der Waals surface area contributed by atoms with Crippen LogP contribution in [0.2, 0.25) is 0 Å². The van der Waals surface area contributed by atoms with Crippen LogP contribution in [0.5, 0.6) is 0 Å². The molecule has 0 N–H and O–H groups in total. The van der Waals surface area contributed by atoms with Crippen LogP contribution in [0, 0.1) is 11.8 Å². The molecular formula is C7H6N2S. The van der Waals surface area contributed by atoms with Crippen LogP contribution in [0.1, 0.15) is 5.56 Å². The van der Waals surface area contributed by atoms with Crippen molar-refractivity contribution in [2.24, 2.45) is 0 Å². The normalized spacial score (nSPS) is 8.10. The molecular weight excluding hydrogens is 144 g/mol. The first kappa shape index (κ1) is 7.10. The van der Waals surface area contributed by atoms with Gasteiger partial charge in [-0.05, 0) is 0 Å². The van der Waals surface area contributed by atoms with Gasteiger partial charge in [0.2, 0.25) is 0 Å². The van der Waals surface area contributed by atoms with Gasteiger partial charge in [-0.3, -0.25) is 0 Å². The molecule has 1 rings (SSSR count). The third-order valence-corrected chi connectivity index (χ3v) is 1.03. The fourth-order valence-corrected chi connectivity index (χ4v) is 0.584. The molecule has 10 heavy (non-hydrogen) atoms. The summed E-state index contributed by atoms with van der Waals surface area (Å²) >= 11 is 3.94. The lowest BCUT2D eigenvalue weighted by Gasteiger charge is -1.83. The lowest BCUT2D eigenvalue weighted by atomic mass is 10.3. The molecule has 1 aromatic heterocycles. The second kappa shape index (κ2) is 3.91. The molecule has 50 valence electrons. The maximum Gasteiger partial charge on any atom is 0.115 e. The molecule has 0 aliphatic rings. The Bertz CT molecular complexity index is 247. The van der Waals surface area contributed by atoms with Crippen LogP contribution < -0.4 is 0 Å². The van der Waals surface area contributed by atoms with Gasteiger partial charge >= 0.3 is 0 Å². The maximum absolute atomic E-state index is 3.94. The molecule has 2 nitrogen and oxygen atoms in total. The van der Waals surface area contributed by atoms with Crippen LogP contribution >= 0.6 is 12.6 Å². The second-order valence-corrected chi connectivity index (χ2v) is 1.90. The first-order valence-corrected chi connectivity index (χ1v) is 3.41. The molecule has 0 spiro atoms. The number of nitrogens with zero attached hydrogens (tertiary/aromatic N) is 2. The van der Waals surface area contributed by atoms with Gasteiger partial charge in [-0.15, -0.1) is 0 Å². The largest absolute Gasteiger partial charge is 0.244 e. The van der Waals surface area contributed by atoms with Crippen molar-refractivity contribution in [3.05, 3.63) is 24.3 Å². The van der Waals surface area contributed by atoms with Crippen molar-refractivity contribution in [3.8, 4) is 11.8 Å². The monoisotopic (exact) mass is 150 g/mol. The van der Waals surface area contributed by atoms with Crippen molar-refractivity contribution < 1.29 is 0 Å². The summed E-state index contributed by atoms with van der Waals surface area (Å²) < 4.78 is 0. The van der Waals surface area contributed by atoms with Gasteiger partial charge in [0.15, 0.2) is 0 Å². The number of hydrogen-bond donors (Lipinski definition) is 1. The van der Waals surface area contributed by atoms with Crippen molar-refractivity contribution in [2.75, 3.05) is 5.75 Å². The summed E-state index contributed by atoms with van der Waals surface area (Å²) in [5.74, 6) is 6.21. The van der Waals surface area contributed by atoms with Crippen LogP contribution in [0.25, 0.3) is 0 Å². The van der Waals surface area contributed by atoms with Gasteiger partial charge in [0.05, 0.1) is 11.3 Å². The van der Waals surface area contributed by atoms with Crippen molar-refractivity contribution >= 4 is 12.6 Å². The first-order chi connectivity index (χ1) is 4.93. The predicted octanol–water partition coefficient (Wildman–Crippen LogP) is 0.758. The van der Waals surface area contributed by atoms with Crippen LogP contribution in [0.4, 0.5) is 0 Å². The van der Waals surface area contributed by atoms with E-state index in [1.165, 1.54) is 6.33 Å². The highest BCUT2D eigenvalue weighted by atomic mass is 32.1. The summed E-state index contributed by atoms with van der Waals surface area (Å²) in [6, 6.07) is 0. The van der Waals surface area contributed by atoms with E-state index in [-0.39, 0.29) is 0 Å². The van der Waals surface area contributed by atoms with Gasteiger partial charge in [-0.2, -0.15) is 12.6 Å². The summed E-state index contributed by atoms with van der Waals surface area (Å²) in [5, 5.41) is 0. The Morgan fingerprint density at radius 1 is 1.40 bits per heavy atom. The summed E-state index contributed by atoms with van der Waals surface area (Å²) in [5.41, 5.74) is 0.830. The van der Waals surface area contributed by atoms with Gasteiger partial charge in [0.1, 0.15) is 6.33 Å². The summed E-state index contributed by atoms with van der Waals surface area (Å²) in [7, 11) is 0. The van der Waals surface area contributed by atoms with Crippen LogP contribution in [-0.4, -0.2) is 15.7 Å².